The van der Waals surface area contributed by atoms with Crippen LogP contribution in [-0.4, -0.2) is 19.2 Å². The van der Waals surface area contributed by atoms with Crippen LogP contribution in [-0.2, 0) is 12.0 Å². The zero-order valence-electron chi connectivity index (χ0n) is 23.0. The first-order valence-electron chi connectivity index (χ1n) is 12.6. The summed E-state index contributed by atoms with van der Waals surface area (Å²) in [6.45, 7) is 20.0. The normalized spacial score (nSPS) is 17.4. The molecule has 5 nitrogen and oxygen atoms in total. The van der Waals surface area contributed by atoms with Crippen molar-refractivity contribution in [2.45, 2.75) is 78.6 Å². The first-order chi connectivity index (χ1) is 16.7. The minimum atomic E-state index is -1.99. The van der Waals surface area contributed by atoms with Gasteiger partial charge in [-0.05, 0) is 92.3 Å². The van der Waals surface area contributed by atoms with Gasteiger partial charge >= 0.3 is 0 Å². The maximum Gasteiger partial charge on any atom is 0.274 e. The molecule has 1 aliphatic rings. The zero-order valence-corrected chi connectivity index (χ0v) is 24.0. The van der Waals surface area contributed by atoms with Crippen molar-refractivity contribution in [3.63, 3.8) is 0 Å². The Morgan fingerprint density at radius 2 is 1.69 bits per heavy atom. The largest absolute Gasteiger partial charge is 0.543 e. The van der Waals surface area contributed by atoms with E-state index in [9.17, 15) is 4.79 Å². The van der Waals surface area contributed by atoms with Crippen molar-refractivity contribution in [3.05, 3.63) is 82.2 Å². The number of amides is 1. The number of hydrogen-bond donors (Lipinski definition) is 1. The van der Waals surface area contributed by atoms with Gasteiger partial charge in [0.1, 0.15) is 22.8 Å². The molecule has 0 fully saturated rings. The summed E-state index contributed by atoms with van der Waals surface area (Å²) in [4.78, 5) is 16.6. The van der Waals surface area contributed by atoms with Crippen LogP contribution in [0.15, 0.2) is 48.7 Å². The lowest BCUT2D eigenvalue weighted by Crippen LogP contribution is -2.44. The SMILES string of the molecule is Cc1c(C)c2c(c(C)c1O[Si](C)(C)C(C)(C)C)CC(C)(c1ccc(NC(=O)c3ccccn3)cc1)O2. The van der Waals surface area contributed by atoms with Gasteiger partial charge in [0, 0.05) is 23.9 Å². The van der Waals surface area contributed by atoms with Crippen LogP contribution in [0.25, 0.3) is 0 Å². The number of rotatable bonds is 5. The molecule has 4 rings (SSSR count). The van der Waals surface area contributed by atoms with Gasteiger partial charge in [-0.25, -0.2) is 0 Å². The van der Waals surface area contributed by atoms with Gasteiger partial charge in [0.15, 0.2) is 0 Å². The number of pyridine rings is 1. The molecular formula is C30H38N2O3Si. The average molecular weight is 503 g/mol. The number of carbonyl (C=O) groups is 1. The van der Waals surface area contributed by atoms with E-state index in [4.69, 9.17) is 9.16 Å². The molecule has 0 radical (unpaired) electrons. The highest BCUT2D eigenvalue weighted by Gasteiger charge is 2.43. The quantitative estimate of drug-likeness (QED) is 0.367. The van der Waals surface area contributed by atoms with Gasteiger partial charge in [0.2, 0.25) is 0 Å². The second-order valence-corrected chi connectivity index (χ2v) is 16.4. The molecule has 36 heavy (non-hydrogen) atoms. The average Bonchev–Trinajstić information content (AvgIpc) is 3.20. The summed E-state index contributed by atoms with van der Waals surface area (Å²) in [5, 5.41) is 3.04. The third-order valence-corrected chi connectivity index (χ3v) is 12.3. The van der Waals surface area contributed by atoms with Crippen LogP contribution in [0.4, 0.5) is 5.69 Å². The molecule has 190 valence electrons. The van der Waals surface area contributed by atoms with E-state index in [2.05, 4.69) is 71.9 Å². The molecule has 0 saturated carbocycles. The molecule has 6 heteroatoms. The lowest BCUT2D eigenvalue weighted by molar-refractivity contribution is 0.102. The number of hydrogen-bond acceptors (Lipinski definition) is 4. The molecule has 1 atom stereocenters. The number of aromatic nitrogens is 1. The number of anilines is 1. The molecule has 1 aromatic heterocycles. The minimum absolute atomic E-state index is 0.123. The Kier molecular flexibility index (Phi) is 6.54. The van der Waals surface area contributed by atoms with Crippen LogP contribution >= 0.6 is 0 Å². The topological polar surface area (TPSA) is 60.5 Å². The number of nitrogens with zero attached hydrogens (tertiary/aromatic N) is 1. The molecule has 1 unspecified atom stereocenters. The zero-order chi connectivity index (χ0) is 26.5. The lowest BCUT2D eigenvalue weighted by atomic mass is 9.88. The molecule has 3 aromatic rings. The van der Waals surface area contributed by atoms with Crippen molar-refractivity contribution in [1.82, 2.24) is 4.98 Å². The molecule has 1 aliphatic heterocycles. The van der Waals surface area contributed by atoms with Crippen LogP contribution in [0.2, 0.25) is 18.1 Å². The number of ether oxygens (including phenoxy) is 1. The van der Waals surface area contributed by atoms with Gasteiger partial charge < -0.3 is 14.5 Å². The third-order valence-electron chi connectivity index (χ3n) is 7.97. The van der Waals surface area contributed by atoms with Crippen molar-refractivity contribution < 1.29 is 14.0 Å². The number of benzene rings is 2. The van der Waals surface area contributed by atoms with Crippen molar-refractivity contribution >= 4 is 19.9 Å². The Morgan fingerprint density at radius 3 is 2.28 bits per heavy atom. The first-order valence-corrected chi connectivity index (χ1v) is 15.5. The predicted molar refractivity (Wildman–Crippen MR) is 149 cm³/mol. The summed E-state index contributed by atoms with van der Waals surface area (Å²) in [7, 11) is -1.99. The van der Waals surface area contributed by atoms with E-state index >= 15 is 0 Å². The Hall–Kier alpha value is -3.12. The highest BCUT2D eigenvalue weighted by Crippen LogP contribution is 2.50. The van der Waals surface area contributed by atoms with Crippen LogP contribution in [0.3, 0.4) is 0 Å². The Balaban J connectivity index is 1.60. The highest BCUT2D eigenvalue weighted by atomic mass is 28.4. The second kappa shape index (κ2) is 9.07. The first kappa shape index (κ1) is 26.0. The number of carbonyl (C=O) groups excluding carboxylic acids is 1. The summed E-state index contributed by atoms with van der Waals surface area (Å²) >= 11 is 0. The maximum absolute atomic E-state index is 12.5. The maximum atomic E-state index is 12.5. The fraction of sp³-hybridized carbons (Fsp3) is 0.400. The van der Waals surface area contributed by atoms with E-state index in [0.29, 0.717) is 5.69 Å². The van der Waals surface area contributed by atoms with Crippen molar-refractivity contribution in [1.29, 1.82) is 0 Å². The fourth-order valence-corrected chi connectivity index (χ4v) is 5.55. The van der Waals surface area contributed by atoms with E-state index in [0.717, 1.165) is 40.3 Å². The molecule has 1 N–H and O–H groups in total. The van der Waals surface area contributed by atoms with Gasteiger partial charge in [-0.2, -0.15) is 0 Å². The summed E-state index contributed by atoms with van der Waals surface area (Å²) in [5.41, 5.74) is 6.39. The molecule has 0 saturated heterocycles. The summed E-state index contributed by atoms with van der Waals surface area (Å²) < 4.78 is 13.5. The molecule has 2 heterocycles. The van der Waals surface area contributed by atoms with E-state index in [1.165, 1.54) is 11.1 Å². The van der Waals surface area contributed by atoms with Gasteiger partial charge in [0.05, 0.1) is 0 Å². The lowest BCUT2D eigenvalue weighted by Gasteiger charge is -2.38. The van der Waals surface area contributed by atoms with Gasteiger partial charge in [-0.1, -0.05) is 39.0 Å². The van der Waals surface area contributed by atoms with Crippen molar-refractivity contribution in [2.75, 3.05) is 5.32 Å². The van der Waals surface area contributed by atoms with Crippen LogP contribution in [0.1, 0.15) is 66.0 Å². The predicted octanol–water partition coefficient (Wildman–Crippen LogP) is 7.49. The van der Waals surface area contributed by atoms with Gasteiger partial charge in [-0.3, -0.25) is 9.78 Å². The Morgan fingerprint density at radius 1 is 1.03 bits per heavy atom. The molecule has 2 aromatic carbocycles. The van der Waals surface area contributed by atoms with Gasteiger partial charge in [-0.15, -0.1) is 0 Å². The second-order valence-electron chi connectivity index (χ2n) is 11.6. The van der Waals surface area contributed by atoms with Crippen LogP contribution < -0.4 is 14.5 Å². The molecule has 1 amide bonds. The molecule has 0 bridgehead atoms. The van der Waals surface area contributed by atoms with E-state index < -0.39 is 13.9 Å². The highest BCUT2D eigenvalue weighted by molar-refractivity contribution is 6.74. The summed E-state index contributed by atoms with van der Waals surface area (Å²) in [6.07, 6.45) is 2.38. The number of fused-ring (bicyclic) bond motifs is 1. The van der Waals surface area contributed by atoms with E-state index in [1.807, 2.05) is 24.3 Å². The van der Waals surface area contributed by atoms with Crippen LogP contribution in [0, 0.1) is 20.8 Å². The van der Waals surface area contributed by atoms with E-state index in [1.54, 1.807) is 24.4 Å². The van der Waals surface area contributed by atoms with Crippen molar-refractivity contribution in [3.8, 4) is 11.5 Å². The summed E-state index contributed by atoms with van der Waals surface area (Å²) in [5.74, 6) is 1.77. The standard InChI is InChI=1S/C30H38N2O3Si/c1-19-20(2)27-24(21(3)26(19)35-36(8,9)29(4,5)6)18-30(7,34-27)22-13-15-23(16-14-22)32-28(33)25-12-10-11-17-31-25/h10-17H,18H2,1-9H3,(H,32,33). The smallest absolute Gasteiger partial charge is 0.274 e. The van der Waals surface area contributed by atoms with Crippen molar-refractivity contribution in [2.24, 2.45) is 0 Å². The monoisotopic (exact) mass is 502 g/mol. The Bertz CT molecular complexity index is 1290. The van der Waals surface area contributed by atoms with Crippen LogP contribution in [0.5, 0.6) is 11.5 Å². The third kappa shape index (κ3) is 4.66. The fourth-order valence-electron chi connectivity index (χ4n) is 4.43. The molecule has 0 spiro atoms. The number of nitrogens with one attached hydrogen (secondary N) is 1. The molecule has 0 aliphatic carbocycles. The van der Waals surface area contributed by atoms with Gasteiger partial charge in [0.25, 0.3) is 14.2 Å². The Labute approximate surface area is 216 Å². The minimum Gasteiger partial charge on any atom is -0.543 e. The summed E-state index contributed by atoms with van der Waals surface area (Å²) in [6, 6.07) is 13.2. The van der Waals surface area contributed by atoms with E-state index in [-0.39, 0.29) is 10.9 Å². The molecular weight excluding hydrogens is 464 g/mol.